The van der Waals surface area contributed by atoms with Crippen LogP contribution in [0.3, 0.4) is 0 Å². The second-order valence-electron chi connectivity index (χ2n) is 5.33. The van der Waals surface area contributed by atoms with Gasteiger partial charge in [0, 0.05) is 29.1 Å². The summed E-state index contributed by atoms with van der Waals surface area (Å²) < 4.78 is 5.44. The topological polar surface area (TPSA) is 51.2 Å². The first-order valence-corrected chi connectivity index (χ1v) is 8.30. The number of nitrogens with zero attached hydrogens (tertiary/aromatic N) is 1. The highest BCUT2D eigenvalue weighted by Crippen LogP contribution is 2.25. The number of rotatable bonds is 5. The number of anilines is 1. The molecule has 3 aromatic rings. The molecule has 0 aliphatic rings. The Morgan fingerprint density at radius 1 is 1.12 bits per heavy atom. The number of nitrogens with one attached hydrogen (secondary N) is 1. The fraction of sp³-hybridized carbons (Fsp3) is 0.100. The van der Waals surface area contributed by atoms with Crippen molar-refractivity contribution in [1.82, 2.24) is 4.98 Å². The Hall–Kier alpha value is -2.85. The molecule has 0 atom stereocenters. The lowest BCUT2D eigenvalue weighted by Crippen LogP contribution is -2.11. The van der Waals surface area contributed by atoms with Crippen LogP contribution in [0.4, 0.5) is 5.69 Å². The number of carbonyl (C=O) groups is 1. The normalized spacial score (nSPS) is 10.3. The van der Waals surface area contributed by atoms with Gasteiger partial charge in [-0.1, -0.05) is 29.8 Å². The third-order valence-corrected chi connectivity index (χ3v) is 3.89. The molecule has 0 unspecified atom stereocenters. The van der Waals surface area contributed by atoms with Gasteiger partial charge in [0.2, 0.25) is 0 Å². The van der Waals surface area contributed by atoms with Gasteiger partial charge in [0.05, 0.1) is 17.3 Å². The largest absolute Gasteiger partial charge is 0.494 e. The van der Waals surface area contributed by atoms with Gasteiger partial charge in [-0.25, -0.2) is 0 Å². The van der Waals surface area contributed by atoms with Crippen molar-refractivity contribution < 1.29 is 9.53 Å². The Balaban J connectivity index is 1.75. The lowest BCUT2D eigenvalue weighted by Gasteiger charge is -2.09. The molecule has 1 aromatic heterocycles. The van der Waals surface area contributed by atoms with E-state index in [0.29, 0.717) is 28.6 Å². The van der Waals surface area contributed by atoms with Crippen molar-refractivity contribution in [2.45, 2.75) is 6.92 Å². The van der Waals surface area contributed by atoms with Crippen LogP contribution < -0.4 is 10.1 Å². The maximum atomic E-state index is 12.4. The Morgan fingerprint density at radius 3 is 2.64 bits per heavy atom. The van der Waals surface area contributed by atoms with Gasteiger partial charge in [0.15, 0.2) is 0 Å². The predicted octanol–water partition coefficient (Wildman–Crippen LogP) is 5.05. The zero-order valence-electron chi connectivity index (χ0n) is 13.7. The summed E-state index contributed by atoms with van der Waals surface area (Å²) in [7, 11) is 0. The van der Waals surface area contributed by atoms with Gasteiger partial charge < -0.3 is 10.1 Å². The summed E-state index contributed by atoms with van der Waals surface area (Å²) in [6, 6.07) is 18.0. The van der Waals surface area contributed by atoms with E-state index in [4.69, 9.17) is 16.3 Å². The summed E-state index contributed by atoms with van der Waals surface area (Å²) in [5.41, 5.74) is 2.80. The molecule has 0 fully saturated rings. The summed E-state index contributed by atoms with van der Waals surface area (Å²) in [6.45, 7) is 2.50. The summed E-state index contributed by atoms with van der Waals surface area (Å²) in [4.78, 5) is 16.7. The number of aromatic nitrogens is 1. The average Bonchev–Trinajstić information content (AvgIpc) is 2.63. The third-order valence-electron chi connectivity index (χ3n) is 3.58. The molecule has 0 aliphatic carbocycles. The lowest BCUT2D eigenvalue weighted by atomic mass is 10.1. The van der Waals surface area contributed by atoms with Gasteiger partial charge >= 0.3 is 0 Å². The minimum Gasteiger partial charge on any atom is -0.494 e. The smallest absolute Gasteiger partial charge is 0.255 e. The van der Waals surface area contributed by atoms with Crippen LogP contribution in [-0.2, 0) is 0 Å². The molecule has 3 rings (SSSR count). The second-order valence-corrected chi connectivity index (χ2v) is 5.73. The molecule has 1 N–H and O–H groups in total. The van der Waals surface area contributed by atoms with Gasteiger partial charge in [-0.2, -0.15) is 0 Å². The van der Waals surface area contributed by atoms with E-state index in [0.717, 1.165) is 11.3 Å². The number of halogens is 1. The van der Waals surface area contributed by atoms with Crippen molar-refractivity contribution >= 4 is 23.2 Å². The van der Waals surface area contributed by atoms with Crippen LogP contribution in [0.1, 0.15) is 17.3 Å². The van der Waals surface area contributed by atoms with Gasteiger partial charge in [-0.05, 0) is 43.3 Å². The number of ether oxygens (including phenoxy) is 1. The van der Waals surface area contributed by atoms with Crippen molar-refractivity contribution in [3.05, 3.63) is 77.4 Å². The van der Waals surface area contributed by atoms with Gasteiger partial charge in [-0.15, -0.1) is 0 Å². The number of benzene rings is 2. The molecule has 5 heteroatoms. The Labute approximate surface area is 151 Å². The molecular weight excluding hydrogens is 336 g/mol. The molecule has 0 spiro atoms. The van der Waals surface area contributed by atoms with E-state index in [1.807, 2.05) is 37.3 Å². The first kappa shape index (κ1) is 17.0. The number of hydrogen-bond donors (Lipinski definition) is 1. The quantitative estimate of drug-likeness (QED) is 0.698. The van der Waals surface area contributed by atoms with Crippen LogP contribution in [0.5, 0.6) is 5.75 Å². The van der Waals surface area contributed by atoms with Crippen LogP contribution in [0, 0.1) is 0 Å². The molecule has 25 heavy (non-hydrogen) atoms. The first-order valence-electron chi connectivity index (χ1n) is 7.92. The van der Waals surface area contributed by atoms with Crippen LogP contribution in [-0.4, -0.2) is 17.5 Å². The maximum absolute atomic E-state index is 12.4. The van der Waals surface area contributed by atoms with E-state index in [1.54, 1.807) is 36.5 Å². The van der Waals surface area contributed by atoms with Gasteiger partial charge in [0.1, 0.15) is 5.75 Å². The zero-order valence-corrected chi connectivity index (χ0v) is 14.5. The standard InChI is InChI=1S/C20H17ClN2O2/c1-2-25-17-6-3-5-16(13-17)23-20(24)15-10-8-14(9-11-15)19-18(21)7-4-12-22-19/h3-13H,2H2,1H3,(H,23,24). The molecule has 0 radical (unpaired) electrons. The number of hydrogen-bond acceptors (Lipinski definition) is 3. The molecule has 0 saturated carbocycles. The Kier molecular flexibility index (Phi) is 5.31. The highest BCUT2D eigenvalue weighted by atomic mass is 35.5. The molecule has 0 bridgehead atoms. The zero-order chi connectivity index (χ0) is 17.6. The summed E-state index contributed by atoms with van der Waals surface area (Å²) in [6.07, 6.45) is 1.69. The number of amides is 1. The minimum atomic E-state index is -0.188. The molecule has 0 saturated heterocycles. The fourth-order valence-corrected chi connectivity index (χ4v) is 2.64. The maximum Gasteiger partial charge on any atom is 0.255 e. The van der Waals surface area contributed by atoms with Crippen LogP contribution in [0.15, 0.2) is 66.9 Å². The van der Waals surface area contributed by atoms with E-state index in [1.165, 1.54) is 0 Å². The van der Waals surface area contributed by atoms with Crippen LogP contribution in [0.25, 0.3) is 11.3 Å². The van der Waals surface area contributed by atoms with E-state index >= 15 is 0 Å². The van der Waals surface area contributed by atoms with Crippen molar-refractivity contribution in [1.29, 1.82) is 0 Å². The van der Waals surface area contributed by atoms with Gasteiger partial charge in [0.25, 0.3) is 5.91 Å². The van der Waals surface area contributed by atoms with Crippen molar-refractivity contribution in [2.75, 3.05) is 11.9 Å². The van der Waals surface area contributed by atoms with E-state index in [-0.39, 0.29) is 5.91 Å². The lowest BCUT2D eigenvalue weighted by molar-refractivity contribution is 0.102. The van der Waals surface area contributed by atoms with E-state index in [9.17, 15) is 4.79 Å². The van der Waals surface area contributed by atoms with Crippen LogP contribution in [0.2, 0.25) is 5.02 Å². The molecule has 126 valence electrons. The molecule has 1 heterocycles. The molecule has 1 amide bonds. The van der Waals surface area contributed by atoms with Crippen molar-refractivity contribution in [3.8, 4) is 17.0 Å². The van der Waals surface area contributed by atoms with Gasteiger partial charge in [-0.3, -0.25) is 9.78 Å². The SMILES string of the molecule is CCOc1cccc(NC(=O)c2ccc(-c3ncccc3Cl)cc2)c1. The summed E-state index contributed by atoms with van der Waals surface area (Å²) >= 11 is 6.16. The van der Waals surface area contributed by atoms with Crippen LogP contribution >= 0.6 is 11.6 Å². The summed E-state index contributed by atoms with van der Waals surface area (Å²) in [5.74, 6) is 0.535. The first-order chi connectivity index (χ1) is 12.2. The second kappa shape index (κ2) is 7.81. The predicted molar refractivity (Wildman–Crippen MR) is 100 cm³/mol. The molecule has 4 nitrogen and oxygen atoms in total. The Bertz CT molecular complexity index is 879. The molecular formula is C20H17ClN2O2. The summed E-state index contributed by atoms with van der Waals surface area (Å²) in [5, 5.41) is 3.44. The third kappa shape index (κ3) is 4.17. The van der Waals surface area contributed by atoms with E-state index in [2.05, 4.69) is 10.3 Å². The van der Waals surface area contributed by atoms with E-state index < -0.39 is 0 Å². The fourth-order valence-electron chi connectivity index (χ4n) is 2.41. The highest BCUT2D eigenvalue weighted by Gasteiger charge is 2.09. The Morgan fingerprint density at radius 2 is 1.92 bits per heavy atom. The monoisotopic (exact) mass is 352 g/mol. The number of carbonyl (C=O) groups excluding carboxylic acids is 1. The molecule has 0 aliphatic heterocycles. The number of pyridine rings is 1. The highest BCUT2D eigenvalue weighted by molar-refractivity contribution is 6.33. The molecule has 2 aromatic carbocycles. The van der Waals surface area contributed by atoms with Crippen molar-refractivity contribution in [3.63, 3.8) is 0 Å². The average molecular weight is 353 g/mol. The minimum absolute atomic E-state index is 0.188. The van der Waals surface area contributed by atoms with Crippen molar-refractivity contribution in [2.24, 2.45) is 0 Å².